The number of rotatable bonds is 2. The van der Waals surface area contributed by atoms with Crippen molar-refractivity contribution < 1.29 is 9.53 Å². The largest absolute Gasteiger partial charge is 0.496 e. The first-order valence-corrected chi connectivity index (χ1v) is 7.23. The van der Waals surface area contributed by atoms with Crippen molar-refractivity contribution in [2.75, 3.05) is 7.11 Å². The van der Waals surface area contributed by atoms with Crippen LogP contribution in [0.3, 0.4) is 0 Å². The van der Waals surface area contributed by atoms with Gasteiger partial charge in [0.2, 0.25) is 0 Å². The van der Waals surface area contributed by atoms with Crippen LogP contribution in [0.4, 0.5) is 0 Å². The molecule has 0 amide bonds. The van der Waals surface area contributed by atoms with Crippen LogP contribution in [0.25, 0.3) is 6.08 Å². The molecule has 1 aliphatic carbocycles. The lowest BCUT2D eigenvalue weighted by molar-refractivity contribution is 0.102. The molecule has 0 heterocycles. The van der Waals surface area contributed by atoms with E-state index in [0.29, 0.717) is 5.02 Å². The molecule has 2 aromatic rings. The van der Waals surface area contributed by atoms with Gasteiger partial charge in [0.15, 0.2) is 5.78 Å². The van der Waals surface area contributed by atoms with Gasteiger partial charge < -0.3 is 4.74 Å². The molecule has 3 heteroatoms. The van der Waals surface area contributed by atoms with Gasteiger partial charge in [-0.2, -0.15) is 0 Å². The molecule has 0 spiro atoms. The summed E-state index contributed by atoms with van der Waals surface area (Å²) >= 11 is 5.88. The Kier molecular flexibility index (Phi) is 3.80. The van der Waals surface area contributed by atoms with Gasteiger partial charge in [-0.25, -0.2) is 0 Å². The maximum absolute atomic E-state index is 12.6. The molecule has 0 fully saturated rings. The highest BCUT2D eigenvalue weighted by molar-refractivity contribution is 6.30. The van der Waals surface area contributed by atoms with Crippen molar-refractivity contribution in [3.05, 3.63) is 69.8 Å². The van der Waals surface area contributed by atoms with Crippen LogP contribution in [0.2, 0.25) is 5.02 Å². The minimum Gasteiger partial charge on any atom is -0.496 e. The minimum absolute atomic E-state index is 0.0881. The van der Waals surface area contributed by atoms with Gasteiger partial charge in [-0.3, -0.25) is 4.79 Å². The Morgan fingerprint density at radius 2 is 1.86 bits per heavy atom. The van der Waals surface area contributed by atoms with Crippen molar-refractivity contribution in [1.29, 1.82) is 0 Å². The van der Waals surface area contributed by atoms with Crippen molar-refractivity contribution in [2.24, 2.45) is 0 Å². The van der Waals surface area contributed by atoms with E-state index >= 15 is 0 Å². The number of fused-ring (bicyclic) bond motifs is 1. The summed E-state index contributed by atoms with van der Waals surface area (Å²) in [5.41, 5.74) is 3.59. The van der Waals surface area contributed by atoms with Gasteiger partial charge in [0, 0.05) is 21.7 Å². The third kappa shape index (κ3) is 2.72. The molecule has 0 radical (unpaired) electrons. The lowest BCUT2D eigenvalue weighted by atomic mass is 9.85. The first-order chi connectivity index (χ1) is 10.2. The van der Waals surface area contributed by atoms with E-state index in [1.807, 2.05) is 48.5 Å². The van der Waals surface area contributed by atoms with Gasteiger partial charge in [-0.1, -0.05) is 35.9 Å². The summed E-state index contributed by atoms with van der Waals surface area (Å²) in [6.45, 7) is 0. The Morgan fingerprint density at radius 3 is 2.57 bits per heavy atom. The predicted molar refractivity (Wildman–Crippen MR) is 85.1 cm³/mol. The predicted octanol–water partition coefficient (Wildman–Crippen LogP) is 4.56. The highest BCUT2D eigenvalue weighted by Gasteiger charge is 2.24. The Hall–Kier alpha value is -2.06. The summed E-state index contributed by atoms with van der Waals surface area (Å²) in [6.07, 6.45) is 3.50. The summed E-state index contributed by atoms with van der Waals surface area (Å²) in [4.78, 5) is 12.6. The second kappa shape index (κ2) is 5.74. The Bertz CT molecular complexity index is 714. The molecular formula is C18H15ClO2. The Balaban J connectivity index is 1.97. The molecule has 106 valence electrons. The van der Waals surface area contributed by atoms with E-state index in [9.17, 15) is 4.79 Å². The third-order valence-electron chi connectivity index (χ3n) is 3.74. The number of halogens is 1. The van der Waals surface area contributed by atoms with E-state index in [4.69, 9.17) is 16.3 Å². The van der Waals surface area contributed by atoms with E-state index in [-0.39, 0.29) is 5.78 Å². The van der Waals surface area contributed by atoms with Crippen LogP contribution in [0.1, 0.15) is 27.9 Å². The van der Waals surface area contributed by atoms with Crippen LogP contribution in [-0.4, -0.2) is 12.9 Å². The van der Waals surface area contributed by atoms with Crippen LogP contribution in [0.15, 0.2) is 48.0 Å². The highest BCUT2D eigenvalue weighted by Crippen LogP contribution is 2.32. The SMILES string of the molecule is COc1cccc2c1CC/C(=C\c1ccc(Cl)cc1)C2=O. The number of allylic oxidation sites excluding steroid dienone is 1. The molecule has 0 saturated carbocycles. The molecule has 0 saturated heterocycles. The number of ketones is 1. The highest BCUT2D eigenvalue weighted by atomic mass is 35.5. The molecule has 1 aliphatic rings. The molecule has 21 heavy (non-hydrogen) atoms. The molecule has 0 atom stereocenters. The molecule has 3 rings (SSSR count). The Labute approximate surface area is 129 Å². The number of ether oxygens (including phenoxy) is 1. The van der Waals surface area contributed by atoms with Gasteiger partial charge in [-0.05, 0) is 42.7 Å². The van der Waals surface area contributed by atoms with Crippen LogP contribution in [0.5, 0.6) is 5.75 Å². The fourth-order valence-corrected chi connectivity index (χ4v) is 2.80. The van der Waals surface area contributed by atoms with Crippen molar-refractivity contribution in [3.8, 4) is 5.75 Å². The lowest BCUT2D eigenvalue weighted by Crippen LogP contribution is -2.15. The van der Waals surface area contributed by atoms with Gasteiger partial charge >= 0.3 is 0 Å². The quantitative estimate of drug-likeness (QED) is 0.760. The second-order valence-corrected chi connectivity index (χ2v) is 5.47. The van der Waals surface area contributed by atoms with Gasteiger partial charge in [0.05, 0.1) is 7.11 Å². The number of hydrogen-bond acceptors (Lipinski definition) is 2. The van der Waals surface area contributed by atoms with Crippen molar-refractivity contribution in [1.82, 2.24) is 0 Å². The molecule has 0 unspecified atom stereocenters. The zero-order chi connectivity index (χ0) is 14.8. The number of methoxy groups -OCH3 is 1. The summed E-state index contributed by atoms with van der Waals surface area (Å²) < 4.78 is 5.34. The van der Waals surface area contributed by atoms with Crippen molar-refractivity contribution >= 4 is 23.5 Å². The number of carbonyl (C=O) groups is 1. The van der Waals surface area contributed by atoms with Crippen molar-refractivity contribution in [2.45, 2.75) is 12.8 Å². The molecule has 0 bridgehead atoms. The number of hydrogen-bond donors (Lipinski definition) is 0. The zero-order valence-electron chi connectivity index (χ0n) is 11.7. The normalized spacial score (nSPS) is 15.9. The molecule has 0 aromatic heterocycles. The van der Waals surface area contributed by atoms with Gasteiger partial charge in [0.1, 0.15) is 5.75 Å². The van der Waals surface area contributed by atoms with E-state index in [1.165, 1.54) is 0 Å². The number of Topliss-reactive ketones (excluding diaryl/α,β-unsaturated/α-hetero) is 1. The average Bonchev–Trinajstić information content (AvgIpc) is 2.51. The van der Waals surface area contributed by atoms with Gasteiger partial charge in [0.25, 0.3) is 0 Å². The van der Waals surface area contributed by atoms with E-state index in [0.717, 1.165) is 40.9 Å². The van der Waals surface area contributed by atoms with Crippen LogP contribution in [-0.2, 0) is 6.42 Å². The average molecular weight is 299 g/mol. The van der Waals surface area contributed by atoms with E-state index in [2.05, 4.69) is 0 Å². The van der Waals surface area contributed by atoms with Crippen molar-refractivity contribution in [3.63, 3.8) is 0 Å². The van der Waals surface area contributed by atoms with Gasteiger partial charge in [-0.15, -0.1) is 0 Å². The molecule has 2 aromatic carbocycles. The first kappa shape index (κ1) is 13.9. The maximum atomic E-state index is 12.6. The third-order valence-corrected chi connectivity index (χ3v) is 4.00. The monoisotopic (exact) mass is 298 g/mol. The topological polar surface area (TPSA) is 26.3 Å². The van der Waals surface area contributed by atoms with E-state index < -0.39 is 0 Å². The molecular weight excluding hydrogens is 284 g/mol. The Morgan fingerprint density at radius 1 is 1.10 bits per heavy atom. The fourth-order valence-electron chi connectivity index (χ4n) is 2.67. The van der Waals surface area contributed by atoms with E-state index in [1.54, 1.807) is 7.11 Å². The minimum atomic E-state index is 0.0881. The molecule has 0 aliphatic heterocycles. The molecule has 2 nitrogen and oxygen atoms in total. The summed E-state index contributed by atoms with van der Waals surface area (Å²) in [5.74, 6) is 0.886. The second-order valence-electron chi connectivity index (χ2n) is 5.04. The fraction of sp³-hybridized carbons (Fsp3) is 0.167. The summed E-state index contributed by atoms with van der Waals surface area (Å²) in [5, 5.41) is 0.696. The molecule has 0 N–H and O–H groups in total. The zero-order valence-corrected chi connectivity index (χ0v) is 12.5. The summed E-state index contributed by atoms with van der Waals surface area (Å²) in [6, 6.07) is 13.1. The summed E-state index contributed by atoms with van der Waals surface area (Å²) in [7, 11) is 1.64. The first-order valence-electron chi connectivity index (χ1n) is 6.86. The van der Waals surface area contributed by atoms with Crippen LogP contribution >= 0.6 is 11.6 Å². The van der Waals surface area contributed by atoms with Crippen LogP contribution in [0, 0.1) is 0 Å². The number of carbonyl (C=O) groups excluding carboxylic acids is 1. The lowest BCUT2D eigenvalue weighted by Gasteiger charge is -2.19. The number of benzene rings is 2. The standard InChI is InChI=1S/C18H15ClO2/c1-21-17-4-2-3-16-15(17)10-7-13(18(16)20)11-12-5-8-14(19)9-6-12/h2-6,8-9,11H,7,10H2,1H3/b13-11+. The smallest absolute Gasteiger partial charge is 0.189 e. The van der Waals surface area contributed by atoms with Crippen LogP contribution < -0.4 is 4.74 Å². The maximum Gasteiger partial charge on any atom is 0.189 e.